The maximum Gasteiger partial charge on any atom is 1.00 e. The third-order valence-corrected chi connectivity index (χ3v) is 4.70. The minimum atomic E-state index is -1.32. The van der Waals surface area contributed by atoms with Crippen LogP contribution in [0.4, 0.5) is 0 Å². The molecule has 0 fully saturated rings. The molecule has 0 spiro atoms. The Kier molecular flexibility index (Phi) is 17.2. The molecule has 2 amide bonds. The maximum atomic E-state index is 11.9. The molecule has 1 aromatic rings. The molecule has 1 atom stereocenters. The summed E-state index contributed by atoms with van der Waals surface area (Å²) in [5.41, 5.74) is 9.53. The van der Waals surface area contributed by atoms with Gasteiger partial charge < -0.3 is 26.3 Å². The molecule has 0 heterocycles. The molecule has 0 aliphatic heterocycles. The van der Waals surface area contributed by atoms with Crippen molar-refractivity contribution in [2.24, 2.45) is 5.73 Å². The zero-order chi connectivity index (χ0) is 22.2. The van der Waals surface area contributed by atoms with Gasteiger partial charge in [0.1, 0.15) is 6.04 Å². The van der Waals surface area contributed by atoms with E-state index < -0.39 is 17.9 Å². The molecule has 9 nitrogen and oxygen atoms in total. The van der Waals surface area contributed by atoms with Gasteiger partial charge in [-0.1, -0.05) is 24.3 Å². The van der Waals surface area contributed by atoms with E-state index in [-0.39, 0.29) is 54.7 Å². The van der Waals surface area contributed by atoms with E-state index in [2.05, 4.69) is 22.8 Å². The Morgan fingerprint density at radius 3 is 2.35 bits per heavy atom. The monoisotopic (exact) mass is 444 g/mol. The van der Waals surface area contributed by atoms with Crippen molar-refractivity contribution in [3.63, 3.8) is 0 Å². The molecule has 0 bridgehead atoms. The predicted molar refractivity (Wildman–Crippen MR) is 110 cm³/mol. The van der Waals surface area contributed by atoms with Crippen molar-refractivity contribution in [2.45, 2.75) is 64.0 Å². The van der Waals surface area contributed by atoms with E-state index >= 15 is 0 Å². The van der Waals surface area contributed by atoms with Gasteiger partial charge in [-0.2, -0.15) is 0 Å². The Hall–Kier alpha value is -1.49. The molecule has 0 saturated carbocycles. The zero-order valence-electron chi connectivity index (χ0n) is 18.3. The third kappa shape index (κ3) is 14.2. The van der Waals surface area contributed by atoms with Gasteiger partial charge in [0.15, 0.2) is 0 Å². The Balaban J connectivity index is 0.00000900. The molecule has 1 aromatic carbocycles. The smallest absolute Gasteiger partial charge is 0.550 e. The fraction of sp³-hybridized carbons (Fsp3) is 0.571. The number of unbranched alkanes of at least 4 members (excludes halogenated alkanes) is 2. The van der Waals surface area contributed by atoms with Crippen molar-refractivity contribution >= 4 is 17.8 Å². The van der Waals surface area contributed by atoms with E-state index in [1.807, 2.05) is 12.1 Å². The maximum absolute atomic E-state index is 11.9. The van der Waals surface area contributed by atoms with Gasteiger partial charge in [-0.25, -0.2) is 5.48 Å². The van der Waals surface area contributed by atoms with Gasteiger partial charge in [0.05, 0.1) is 0 Å². The first-order valence-electron chi connectivity index (χ1n) is 10.4. The van der Waals surface area contributed by atoms with Crippen molar-refractivity contribution in [3.05, 3.63) is 35.4 Å². The number of rotatable bonds is 16. The zero-order valence-corrected chi connectivity index (χ0v) is 20.3. The van der Waals surface area contributed by atoms with Gasteiger partial charge in [-0.15, -0.1) is 0 Å². The number of nitrogens with one attached hydrogen (secondary N) is 3. The largest absolute Gasteiger partial charge is 1.00 e. The fourth-order valence-electron chi connectivity index (χ4n) is 3.03. The van der Waals surface area contributed by atoms with Crippen LogP contribution in [0.2, 0.25) is 0 Å². The number of aryl methyl sites for hydroxylation is 1. The van der Waals surface area contributed by atoms with Crippen molar-refractivity contribution < 1.29 is 54.3 Å². The minimum Gasteiger partial charge on any atom is -0.550 e. The molecule has 0 aliphatic carbocycles. The summed E-state index contributed by atoms with van der Waals surface area (Å²) in [5, 5.41) is 25.0. The standard InChI is InChI=1S/C21H34N4O5.Na/c22-15-17-8-5-7-16(14-17)6-1-3-12-23-13-4-2-9-19(26)24-18(21(29)25-30)10-11-20(27)28;/h5,7-8,14,18,23,30H,1-4,6,9-13,15,22H2,(H,24,26)(H,25,29)(H,27,28);/q;+1/p-1. The summed E-state index contributed by atoms with van der Waals surface area (Å²) in [4.78, 5) is 33.9. The van der Waals surface area contributed by atoms with Crippen molar-refractivity contribution in [1.29, 1.82) is 0 Å². The van der Waals surface area contributed by atoms with Gasteiger partial charge >= 0.3 is 29.6 Å². The van der Waals surface area contributed by atoms with Crippen LogP contribution < -0.4 is 56.5 Å². The van der Waals surface area contributed by atoms with Crippen LogP contribution in [0, 0.1) is 0 Å². The van der Waals surface area contributed by atoms with E-state index in [9.17, 15) is 19.5 Å². The number of carboxylic acid groups (broad SMARTS) is 1. The van der Waals surface area contributed by atoms with Gasteiger partial charge in [0, 0.05) is 18.9 Å². The predicted octanol–water partition coefficient (Wildman–Crippen LogP) is -3.25. The van der Waals surface area contributed by atoms with Crippen LogP contribution in [-0.4, -0.2) is 42.1 Å². The second-order valence-electron chi connectivity index (χ2n) is 7.20. The van der Waals surface area contributed by atoms with Gasteiger partial charge in [-0.3, -0.25) is 14.8 Å². The Morgan fingerprint density at radius 1 is 1.03 bits per heavy atom. The SMILES string of the molecule is NCc1cccc(CCCCNCCCCC(=O)NC(CCC(=O)[O-])C(=O)NO)c1.[Na+]. The summed E-state index contributed by atoms with van der Waals surface area (Å²) in [6.45, 7) is 2.26. The number of nitrogens with two attached hydrogens (primary N) is 1. The molecule has 0 aliphatic rings. The molecule has 10 heteroatoms. The quantitative estimate of drug-likeness (QED) is 0.0776. The van der Waals surface area contributed by atoms with Crippen LogP contribution in [-0.2, 0) is 27.3 Å². The first kappa shape index (κ1) is 29.5. The Labute approximate surface area is 205 Å². The van der Waals surface area contributed by atoms with E-state index in [0.717, 1.165) is 44.3 Å². The average molecular weight is 445 g/mol. The molecule has 6 N–H and O–H groups in total. The number of carboxylic acids is 1. The van der Waals surface area contributed by atoms with E-state index in [0.29, 0.717) is 13.0 Å². The summed E-state index contributed by atoms with van der Waals surface area (Å²) in [5.74, 6) is -2.53. The molecular formula is C21H33N4NaO5. The minimum absolute atomic E-state index is 0. The van der Waals surface area contributed by atoms with Crippen molar-refractivity contribution in [1.82, 2.24) is 16.1 Å². The molecule has 0 aromatic heterocycles. The van der Waals surface area contributed by atoms with Gasteiger partial charge in [-0.05, 0) is 69.2 Å². The second kappa shape index (κ2) is 18.1. The molecule has 0 radical (unpaired) electrons. The summed E-state index contributed by atoms with van der Waals surface area (Å²) in [7, 11) is 0. The number of benzene rings is 1. The molecule has 1 unspecified atom stereocenters. The van der Waals surface area contributed by atoms with Crippen molar-refractivity contribution in [2.75, 3.05) is 13.1 Å². The molecule has 168 valence electrons. The number of aliphatic carboxylic acids is 1. The van der Waals surface area contributed by atoms with Crippen LogP contribution >= 0.6 is 0 Å². The number of hydrogen-bond acceptors (Lipinski definition) is 7. The molecule has 31 heavy (non-hydrogen) atoms. The van der Waals surface area contributed by atoms with E-state index in [1.165, 1.54) is 11.0 Å². The first-order valence-corrected chi connectivity index (χ1v) is 10.4. The summed E-state index contributed by atoms with van der Waals surface area (Å²) in [6, 6.07) is 7.23. The number of amides is 2. The summed E-state index contributed by atoms with van der Waals surface area (Å²) in [6.07, 6.45) is 4.31. The molecule has 1 rings (SSSR count). The Bertz CT molecular complexity index is 675. The van der Waals surface area contributed by atoms with Gasteiger partial charge in [0.2, 0.25) is 5.91 Å². The van der Waals surface area contributed by atoms with Crippen LogP contribution in [0.5, 0.6) is 0 Å². The van der Waals surface area contributed by atoms with Crippen molar-refractivity contribution in [3.8, 4) is 0 Å². The number of carbonyl (C=O) groups is 3. The summed E-state index contributed by atoms with van der Waals surface area (Å²) < 4.78 is 0. The van der Waals surface area contributed by atoms with Crippen LogP contribution in [0.25, 0.3) is 0 Å². The topological polar surface area (TPSA) is 157 Å². The van der Waals surface area contributed by atoms with Crippen LogP contribution in [0.1, 0.15) is 56.1 Å². The number of hydroxylamine groups is 1. The number of carbonyl (C=O) groups excluding carboxylic acids is 3. The normalized spacial score (nSPS) is 11.3. The van der Waals surface area contributed by atoms with E-state index in [4.69, 9.17) is 10.9 Å². The average Bonchev–Trinajstić information content (AvgIpc) is 2.74. The third-order valence-electron chi connectivity index (χ3n) is 4.70. The van der Waals surface area contributed by atoms with Gasteiger partial charge in [0.25, 0.3) is 5.91 Å². The van der Waals surface area contributed by atoms with Crippen LogP contribution in [0.15, 0.2) is 24.3 Å². The Morgan fingerprint density at radius 2 is 1.71 bits per heavy atom. The van der Waals surface area contributed by atoms with Crippen LogP contribution in [0.3, 0.4) is 0 Å². The fourth-order valence-corrected chi connectivity index (χ4v) is 3.03. The second-order valence-corrected chi connectivity index (χ2v) is 7.20. The van der Waals surface area contributed by atoms with E-state index in [1.54, 1.807) is 0 Å². The number of hydrogen-bond donors (Lipinski definition) is 5. The summed E-state index contributed by atoms with van der Waals surface area (Å²) >= 11 is 0. The molecular weight excluding hydrogens is 411 g/mol. The first-order chi connectivity index (χ1) is 14.5. The molecule has 0 saturated heterocycles.